The van der Waals surface area contributed by atoms with E-state index in [4.69, 9.17) is 0 Å². The van der Waals surface area contributed by atoms with Gasteiger partial charge in [-0.3, -0.25) is 9.69 Å². The van der Waals surface area contributed by atoms with Gasteiger partial charge in [0.2, 0.25) is 0 Å². The monoisotopic (exact) mass is 153 g/mol. The third kappa shape index (κ3) is 1.25. The molecule has 61 valence electrons. The summed E-state index contributed by atoms with van der Waals surface area (Å²) < 4.78 is 0. The van der Waals surface area contributed by atoms with Gasteiger partial charge in [-0.2, -0.15) is 0 Å². The summed E-state index contributed by atoms with van der Waals surface area (Å²) in [5.41, 5.74) is 0. The molecule has 3 saturated heterocycles. The number of nitrogens with one attached hydrogen (secondary N) is 1. The van der Waals surface area contributed by atoms with Crippen molar-refractivity contribution in [3.63, 3.8) is 0 Å². The standard InChI is InChI=1S/C8H13N2O/c11-6-9-8-5-7-1-3-10(8)4-2-7/h7-8H,1-5H2,(H,9,11). The summed E-state index contributed by atoms with van der Waals surface area (Å²) in [4.78, 5) is 12.4. The second kappa shape index (κ2) is 2.81. The molecule has 1 atom stereocenters. The highest BCUT2D eigenvalue weighted by Crippen LogP contribution is 2.30. The van der Waals surface area contributed by atoms with Crippen molar-refractivity contribution in [1.29, 1.82) is 0 Å². The Morgan fingerprint density at radius 3 is 2.55 bits per heavy atom. The Kier molecular flexibility index (Phi) is 1.82. The third-order valence-electron chi connectivity index (χ3n) is 2.87. The number of carbonyl (C=O) groups excluding carboxylic acids is 1. The van der Waals surface area contributed by atoms with E-state index in [0.29, 0.717) is 6.17 Å². The quantitative estimate of drug-likeness (QED) is 0.570. The first-order valence-electron chi connectivity index (χ1n) is 4.27. The van der Waals surface area contributed by atoms with Crippen molar-refractivity contribution in [1.82, 2.24) is 10.2 Å². The Morgan fingerprint density at radius 2 is 2.09 bits per heavy atom. The molecule has 2 bridgehead atoms. The fourth-order valence-electron chi connectivity index (χ4n) is 2.18. The Bertz CT molecular complexity index is 152. The van der Waals surface area contributed by atoms with Gasteiger partial charge in [-0.1, -0.05) is 0 Å². The number of piperidine rings is 3. The van der Waals surface area contributed by atoms with E-state index in [1.54, 1.807) is 6.41 Å². The summed E-state index contributed by atoms with van der Waals surface area (Å²) in [5.74, 6) is 0.853. The van der Waals surface area contributed by atoms with E-state index < -0.39 is 0 Å². The molecule has 0 spiro atoms. The van der Waals surface area contributed by atoms with E-state index in [1.165, 1.54) is 12.8 Å². The molecule has 1 amide bonds. The summed E-state index contributed by atoms with van der Waals surface area (Å²) in [5, 5.41) is 2.74. The zero-order valence-electron chi connectivity index (χ0n) is 6.55. The molecule has 3 heteroatoms. The molecule has 0 aromatic heterocycles. The smallest absolute Gasteiger partial charge is 0.310 e. The van der Waals surface area contributed by atoms with Crippen LogP contribution in [0.3, 0.4) is 0 Å². The van der Waals surface area contributed by atoms with Gasteiger partial charge in [0.25, 0.3) is 0 Å². The molecule has 3 aliphatic heterocycles. The van der Waals surface area contributed by atoms with Gasteiger partial charge in [-0.05, 0) is 25.2 Å². The lowest BCUT2D eigenvalue weighted by atomic mass is 9.86. The summed E-state index contributed by atoms with van der Waals surface area (Å²) in [6, 6.07) is 0. The van der Waals surface area contributed by atoms with Crippen LogP contribution in [0.5, 0.6) is 0 Å². The number of rotatable bonds is 2. The average Bonchev–Trinajstić information content (AvgIpc) is 2.07. The normalized spacial score (nSPS) is 42.0. The van der Waals surface area contributed by atoms with Crippen LogP contribution >= 0.6 is 0 Å². The van der Waals surface area contributed by atoms with Gasteiger partial charge >= 0.3 is 6.41 Å². The number of nitrogens with zero attached hydrogens (tertiary/aromatic N) is 1. The van der Waals surface area contributed by atoms with Gasteiger partial charge < -0.3 is 5.32 Å². The fraction of sp³-hybridized carbons (Fsp3) is 0.875. The number of hydrogen-bond donors (Lipinski definition) is 1. The van der Waals surface area contributed by atoms with Crippen molar-refractivity contribution in [2.75, 3.05) is 13.1 Å². The van der Waals surface area contributed by atoms with Crippen LogP contribution in [0.4, 0.5) is 0 Å². The highest BCUT2D eigenvalue weighted by atomic mass is 16.1. The molecule has 11 heavy (non-hydrogen) atoms. The van der Waals surface area contributed by atoms with Gasteiger partial charge in [0.1, 0.15) is 0 Å². The molecule has 0 aliphatic carbocycles. The predicted octanol–water partition coefficient (Wildman–Crippen LogP) is 0.0850. The summed E-state index contributed by atoms with van der Waals surface area (Å²) in [6.45, 7) is 2.31. The fourth-order valence-corrected chi connectivity index (χ4v) is 2.18. The third-order valence-corrected chi connectivity index (χ3v) is 2.87. The lowest BCUT2D eigenvalue weighted by Gasteiger charge is -2.44. The lowest BCUT2D eigenvalue weighted by molar-refractivity contribution is 0.0416. The van der Waals surface area contributed by atoms with Crippen LogP contribution in [0.15, 0.2) is 0 Å². The van der Waals surface area contributed by atoms with Crippen molar-refractivity contribution in [2.45, 2.75) is 25.4 Å². The predicted molar refractivity (Wildman–Crippen MR) is 41.5 cm³/mol. The van der Waals surface area contributed by atoms with E-state index >= 15 is 0 Å². The van der Waals surface area contributed by atoms with E-state index in [1.807, 2.05) is 0 Å². The van der Waals surface area contributed by atoms with Crippen molar-refractivity contribution in [2.24, 2.45) is 5.92 Å². The van der Waals surface area contributed by atoms with E-state index in [-0.39, 0.29) is 0 Å². The van der Waals surface area contributed by atoms with Gasteiger partial charge in [-0.15, -0.1) is 0 Å². The summed E-state index contributed by atoms with van der Waals surface area (Å²) in [7, 11) is 0. The number of hydrogen-bond acceptors (Lipinski definition) is 2. The SMILES string of the molecule is O=[C]NC1CC2CCN1CC2. The molecule has 3 nitrogen and oxygen atoms in total. The maximum atomic E-state index is 10.1. The zero-order chi connectivity index (χ0) is 7.68. The van der Waals surface area contributed by atoms with Crippen molar-refractivity contribution in [3.8, 4) is 0 Å². The molecule has 3 heterocycles. The average molecular weight is 153 g/mol. The van der Waals surface area contributed by atoms with Crippen molar-refractivity contribution < 1.29 is 4.79 Å². The molecule has 3 fully saturated rings. The highest BCUT2D eigenvalue weighted by molar-refractivity contribution is 5.47. The molecule has 1 radical (unpaired) electrons. The van der Waals surface area contributed by atoms with Crippen molar-refractivity contribution >= 4 is 6.41 Å². The topological polar surface area (TPSA) is 32.3 Å². The minimum atomic E-state index is 0.292. The summed E-state index contributed by atoms with van der Waals surface area (Å²) in [6.07, 6.45) is 5.84. The van der Waals surface area contributed by atoms with Gasteiger partial charge in [0, 0.05) is 13.1 Å². The molecule has 0 saturated carbocycles. The molecular formula is C8H13N2O. The number of amides is 1. The molecule has 0 aromatic carbocycles. The van der Waals surface area contributed by atoms with Crippen LogP contribution in [0.2, 0.25) is 0 Å². The van der Waals surface area contributed by atoms with E-state index in [9.17, 15) is 4.79 Å². The Morgan fingerprint density at radius 1 is 1.36 bits per heavy atom. The van der Waals surface area contributed by atoms with Crippen LogP contribution in [-0.4, -0.2) is 30.6 Å². The first-order valence-corrected chi connectivity index (χ1v) is 4.27. The number of fused-ring (bicyclic) bond motifs is 3. The Hall–Kier alpha value is -0.570. The van der Waals surface area contributed by atoms with Crippen LogP contribution < -0.4 is 5.32 Å². The minimum Gasteiger partial charge on any atom is -0.332 e. The Labute approximate surface area is 66.8 Å². The minimum absolute atomic E-state index is 0.292. The largest absolute Gasteiger partial charge is 0.332 e. The molecule has 1 N–H and O–H groups in total. The van der Waals surface area contributed by atoms with E-state index in [2.05, 4.69) is 10.2 Å². The van der Waals surface area contributed by atoms with Crippen LogP contribution in [-0.2, 0) is 4.79 Å². The second-order valence-corrected chi connectivity index (χ2v) is 3.48. The maximum Gasteiger partial charge on any atom is 0.310 e. The molecule has 3 rings (SSSR count). The Balaban J connectivity index is 1.97. The first kappa shape index (κ1) is 7.10. The second-order valence-electron chi connectivity index (χ2n) is 3.48. The van der Waals surface area contributed by atoms with Gasteiger partial charge in [0.05, 0.1) is 6.17 Å². The van der Waals surface area contributed by atoms with E-state index in [0.717, 1.165) is 25.4 Å². The molecule has 3 aliphatic rings. The van der Waals surface area contributed by atoms with Crippen LogP contribution in [0.1, 0.15) is 19.3 Å². The molecule has 1 unspecified atom stereocenters. The highest BCUT2D eigenvalue weighted by Gasteiger charge is 2.32. The molecule has 0 aromatic rings. The van der Waals surface area contributed by atoms with Gasteiger partial charge in [0.15, 0.2) is 0 Å². The first-order chi connectivity index (χ1) is 5.40. The van der Waals surface area contributed by atoms with Gasteiger partial charge in [-0.25, -0.2) is 0 Å². The molecular weight excluding hydrogens is 140 g/mol. The van der Waals surface area contributed by atoms with Crippen LogP contribution in [0.25, 0.3) is 0 Å². The maximum absolute atomic E-state index is 10.1. The van der Waals surface area contributed by atoms with Crippen LogP contribution in [0, 0.1) is 5.92 Å². The lowest BCUT2D eigenvalue weighted by Crippen LogP contribution is -2.54. The summed E-state index contributed by atoms with van der Waals surface area (Å²) >= 11 is 0. The van der Waals surface area contributed by atoms with Crippen molar-refractivity contribution in [3.05, 3.63) is 0 Å². The zero-order valence-corrected chi connectivity index (χ0v) is 6.55.